The number of carbonyl (C=O) groups excluding carboxylic acids is 2. The highest BCUT2D eigenvalue weighted by molar-refractivity contribution is 5.97. The molecule has 30 heavy (non-hydrogen) atoms. The van der Waals surface area contributed by atoms with Gasteiger partial charge in [0.15, 0.2) is 0 Å². The first-order valence-corrected chi connectivity index (χ1v) is 10.4. The summed E-state index contributed by atoms with van der Waals surface area (Å²) in [5, 5.41) is 3.26. The van der Waals surface area contributed by atoms with Crippen molar-refractivity contribution in [1.29, 1.82) is 0 Å². The largest absolute Gasteiger partial charge is 0.465 e. The summed E-state index contributed by atoms with van der Waals surface area (Å²) in [5.74, 6) is -0.400. The maximum atomic E-state index is 12.9. The summed E-state index contributed by atoms with van der Waals surface area (Å²) in [6.45, 7) is 0.606. The Bertz CT molecular complexity index is 934. The van der Waals surface area contributed by atoms with Gasteiger partial charge in [-0.1, -0.05) is 36.4 Å². The molecule has 0 bridgehead atoms. The van der Waals surface area contributed by atoms with Crippen molar-refractivity contribution in [2.75, 3.05) is 32.6 Å². The maximum Gasteiger partial charge on any atom is 0.337 e. The van der Waals surface area contributed by atoms with Crippen molar-refractivity contribution in [3.63, 3.8) is 0 Å². The van der Waals surface area contributed by atoms with Gasteiger partial charge in [0.05, 0.1) is 24.8 Å². The van der Waals surface area contributed by atoms with Gasteiger partial charge in [0.1, 0.15) is 0 Å². The Morgan fingerprint density at radius 3 is 2.37 bits per heavy atom. The van der Waals surface area contributed by atoms with Gasteiger partial charge < -0.3 is 10.1 Å². The number of urea groups is 1. The van der Waals surface area contributed by atoms with E-state index < -0.39 is 5.97 Å². The van der Waals surface area contributed by atoms with Gasteiger partial charge in [0.25, 0.3) is 0 Å². The molecule has 2 amide bonds. The highest BCUT2D eigenvalue weighted by Gasteiger charge is 2.50. The monoisotopic (exact) mass is 407 g/mol. The van der Waals surface area contributed by atoms with Gasteiger partial charge in [-0.3, -0.25) is 9.80 Å². The fourth-order valence-corrected chi connectivity index (χ4v) is 5.00. The zero-order chi connectivity index (χ0) is 21.4. The average Bonchev–Trinajstić information content (AvgIpc) is 3.10. The minimum absolute atomic E-state index is 0.0184. The second kappa shape index (κ2) is 7.76. The molecule has 1 aliphatic heterocycles. The van der Waals surface area contributed by atoms with Crippen molar-refractivity contribution in [2.45, 2.75) is 36.8 Å². The summed E-state index contributed by atoms with van der Waals surface area (Å²) in [4.78, 5) is 28.8. The molecule has 2 fully saturated rings. The lowest BCUT2D eigenvalue weighted by Crippen LogP contribution is -2.54. The molecule has 1 heterocycles. The number of esters is 1. The Labute approximate surface area is 177 Å². The molecule has 2 aromatic rings. The van der Waals surface area contributed by atoms with Gasteiger partial charge in [0.2, 0.25) is 0 Å². The quantitative estimate of drug-likeness (QED) is 0.784. The first-order valence-electron chi connectivity index (χ1n) is 10.4. The first-order chi connectivity index (χ1) is 14.4. The van der Waals surface area contributed by atoms with Gasteiger partial charge in [-0.25, -0.2) is 9.59 Å². The highest BCUT2D eigenvalue weighted by atomic mass is 16.5. The number of methoxy groups -OCH3 is 1. The van der Waals surface area contributed by atoms with Crippen molar-refractivity contribution in [3.8, 4) is 0 Å². The van der Waals surface area contributed by atoms with E-state index in [9.17, 15) is 9.59 Å². The molecule has 1 spiro atoms. The van der Waals surface area contributed by atoms with E-state index in [1.165, 1.54) is 12.7 Å². The number of anilines is 1. The number of amides is 2. The van der Waals surface area contributed by atoms with Crippen LogP contribution in [0.25, 0.3) is 0 Å². The molecule has 1 N–H and O–H groups in total. The zero-order valence-electron chi connectivity index (χ0n) is 17.9. The smallest absolute Gasteiger partial charge is 0.337 e. The number of carbonyl (C=O) groups is 2. The van der Waals surface area contributed by atoms with Gasteiger partial charge in [-0.05, 0) is 63.5 Å². The van der Waals surface area contributed by atoms with Gasteiger partial charge in [0, 0.05) is 11.2 Å². The molecular weight excluding hydrogens is 378 g/mol. The second-order valence-corrected chi connectivity index (χ2v) is 8.63. The number of hydrogen-bond donors (Lipinski definition) is 1. The normalized spacial score (nSPS) is 26.1. The summed E-state index contributed by atoms with van der Waals surface area (Å²) in [6, 6.07) is 17.6. The van der Waals surface area contributed by atoms with Crippen molar-refractivity contribution < 1.29 is 14.3 Å². The van der Waals surface area contributed by atoms with E-state index in [4.69, 9.17) is 4.74 Å². The van der Waals surface area contributed by atoms with Crippen LogP contribution >= 0.6 is 0 Å². The Morgan fingerprint density at radius 2 is 1.73 bits per heavy atom. The number of ether oxygens (including phenoxy) is 1. The Hall–Kier alpha value is -2.86. The maximum absolute atomic E-state index is 12.9. The first kappa shape index (κ1) is 20.4. The van der Waals surface area contributed by atoms with E-state index in [2.05, 4.69) is 54.6 Å². The van der Waals surface area contributed by atoms with E-state index >= 15 is 0 Å². The van der Waals surface area contributed by atoms with Crippen molar-refractivity contribution in [2.24, 2.45) is 0 Å². The fraction of sp³-hybridized carbons (Fsp3) is 0.417. The lowest BCUT2D eigenvalue weighted by atomic mass is 9.69. The summed E-state index contributed by atoms with van der Waals surface area (Å²) in [7, 11) is 5.64. The molecule has 0 radical (unpaired) electrons. The van der Waals surface area contributed by atoms with Crippen LogP contribution in [0.4, 0.5) is 10.5 Å². The van der Waals surface area contributed by atoms with Crippen LogP contribution in [0.5, 0.6) is 0 Å². The Kier molecular flexibility index (Phi) is 5.28. The predicted molar refractivity (Wildman–Crippen MR) is 117 cm³/mol. The standard InChI is InChI=1S/C24H29N3O3/c1-26(2)24(19-9-5-4-6-10-19)14-12-23(13-15-24)17-27(22(29)25-23)20-11-7-8-18(16-20)21(28)30-3/h4-11,16H,12-15,17H2,1-3H3,(H,25,29)/t23-,24-. The molecule has 6 nitrogen and oxygen atoms in total. The molecular formula is C24H29N3O3. The van der Waals surface area contributed by atoms with Crippen LogP contribution in [0.1, 0.15) is 41.6 Å². The molecule has 1 saturated heterocycles. The van der Waals surface area contributed by atoms with Gasteiger partial charge in [-0.15, -0.1) is 0 Å². The Morgan fingerprint density at radius 1 is 1.03 bits per heavy atom. The number of nitrogens with zero attached hydrogens (tertiary/aromatic N) is 2. The third-order valence-corrected chi connectivity index (χ3v) is 6.86. The second-order valence-electron chi connectivity index (χ2n) is 8.63. The molecule has 0 unspecified atom stereocenters. The van der Waals surface area contributed by atoms with E-state index in [0.29, 0.717) is 12.1 Å². The molecule has 0 aromatic heterocycles. The van der Waals surface area contributed by atoms with Crippen molar-refractivity contribution in [3.05, 3.63) is 65.7 Å². The molecule has 2 aromatic carbocycles. The van der Waals surface area contributed by atoms with Gasteiger partial charge >= 0.3 is 12.0 Å². The molecule has 158 valence electrons. The molecule has 2 aliphatic rings. The van der Waals surface area contributed by atoms with E-state index in [1.54, 1.807) is 23.1 Å². The Balaban J connectivity index is 1.54. The molecule has 0 atom stereocenters. The van der Waals surface area contributed by atoms with E-state index in [1.807, 2.05) is 6.07 Å². The number of rotatable bonds is 4. The van der Waals surface area contributed by atoms with Crippen LogP contribution in [0.2, 0.25) is 0 Å². The molecule has 4 rings (SSSR count). The van der Waals surface area contributed by atoms with Crippen LogP contribution in [-0.2, 0) is 10.3 Å². The zero-order valence-corrected chi connectivity index (χ0v) is 17.9. The molecule has 1 saturated carbocycles. The molecule has 1 aliphatic carbocycles. The SMILES string of the molecule is COC(=O)c1cccc(N2C[C@]3(CC[C@@](c4ccccc4)(N(C)C)CC3)NC2=O)c1. The number of nitrogens with one attached hydrogen (secondary N) is 1. The van der Waals surface area contributed by atoms with Crippen LogP contribution in [-0.4, -0.2) is 50.2 Å². The van der Waals surface area contributed by atoms with Crippen LogP contribution < -0.4 is 10.2 Å². The third-order valence-electron chi connectivity index (χ3n) is 6.86. The van der Waals surface area contributed by atoms with Gasteiger partial charge in [-0.2, -0.15) is 0 Å². The van der Waals surface area contributed by atoms with Crippen molar-refractivity contribution >= 4 is 17.7 Å². The number of benzene rings is 2. The summed E-state index contributed by atoms with van der Waals surface area (Å²) in [6.07, 6.45) is 3.75. The highest BCUT2D eigenvalue weighted by Crippen LogP contribution is 2.46. The topological polar surface area (TPSA) is 61.9 Å². The predicted octanol–water partition coefficient (Wildman–Crippen LogP) is 3.77. The average molecular weight is 408 g/mol. The van der Waals surface area contributed by atoms with Crippen molar-refractivity contribution in [1.82, 2.24) is 10.2 Å². The lowest BCUT2D eigenvalue weighted by Gasteiger charge is -2.48. The van der Waals surface area contributed by atoms with Crippen LogP contribution in [0.15, 0.2) is 54.6 Å². The summed E-state index contributed by atoms with van der Waals surface area (Å²) >= 11 is 0. The summed E-state index contributed by atoms with van der Waals surface area (Å²) < 4.78 is 4.82. The van der Waals surface area contributed by atoms with E-state index in [0.717, 1.165) is 31.4 Å². The third kappa shape index (κ3) is 3.45. The lowest BCUT2D eigenvalue weighted by molar-refractivity contribution is 0.0600. The van der Waals surface area contributed by atoms with Crippen LogP contribution in [0.3, 0.4) is 0 Å². The van der Waals surface area contributed by atoms with Crippen LogP contribution in [0, 0.1) is 0 Å². The minimum atomic E-state index is -0.400. The minimum Gasteiger partial charge on any atom is -0.465 e. The fourth-order valence-electron chi connectivity index (χ4n) is 5.00. The summed E-state index contributed by atoms with van der Waals surface area (Å²) in [5.41, 5.74) is 2.24. The van der Waals surface area contributed by atoms with E-state index in [-0.39, 0.29) is 17.1 Å². The number of hydrogen-bond acceptors (Lipinski definition) is 4. The molecule has 6 heteroatoms.